The predicted octanol–water partition coefficient (Wildman–Crippen LogP) is 5.56. The number of hydrogen-bond donors (Lipinski definition) is 3. The molecular formula is C47H46F4N10O5S. The highest BCUT2D eigenvalue weighted by molar-refractivity contribution is 7.13. The van der Waals surface area contributed by atoms with Gasteiger partial charge in [-0.25, -0.2) is 27.5 Å². The van der Waals surface area contributed by atoms with Gasteiger partial charge in [-0.1, -0.05) is 18.2 Å². The summed E-state index contributed by atoms with van der Waals surface area (Å²) in [6.07, 6.45) is 5.15. The molecule has 3 N–H and O–H groups in total. The Hall–Kier alpha value is -6.67. The van der Waals surface area contributed by atoms with Crippen LogP contribution in [0.4, 0.5) is 34.1 Å². The van der Waals surface area contributed by atoms with Gasteiger partial charge in [0.15, 0.2) is 11.2 Å². The minimum atomic E-state index is -3.31. The highest BCUT2D eigenvalue weighted by atomic mass is 32.1. The Morgan fingerprint density at radius 3 is 2.43 bits per heavy atom. The molecular weight excluding hydrogens is 893 g/mol. The second kappa shape index (κ2) is 17.9. The number of piperazine rings is 1. The van der Waals surface area contributed by atoms with E-state index in [2.05, 4.69) is 30.8 Å². The molecule has 5 aromatic rings. The number of thiazole rings is 1. The fourth-order valence-corrected chi connectivity index (χ4v) is 10.5. The molecule has 0 radical (unpaired) electrons. The minimum Gasteiger partial charge on any atom is -0.374 e. The largest absolute Gasteiger partial charge is 0.374 e. The average Bonchev–Trinajstić information content (AvgIpc) is 4.13. The topological polar surface area (TPSA) is 165 Å². The summed E-state index contributed by atoms with van der Waals surface area (Å²) in [4.78, 5) is 80.2. The number of alkyl halides is 2. The number of fused-ring (bicyclic) bond motifs is 2. The van der Waals surface area contributed by atoms with E-state index in [1.54, 1.807) is 28.9 Å². The summed E-state index contributed by atoms with van der Waals surface area (Å²) >= 11 is 1.25. The summed E-state index contributed by atoms with van der Waals surface area (Å²) in [5.74, 6) is -8.23. The van der Waals surface area contributed by atoms with Crippen LogP contribution in [0.15, 0.2) is 72.5 Å². The smallest absolute Gasteiger partial charge is 0.267 e. The lowest BCUT2D eigenvalue weighted by Gasteiger charge is -2.40. The molecule has 7 heterocycles. The standard InChI is InChI=1S/C47H46F4N10O5S/c48-35-21-28(20-32-33(35)23-61(45(32)66)42(44(65)56-46-52-12-19-67-46)41-38-2-1-13-60(38)26-53-41)27-3-6-30(7-4-27)58-15-17-59(18-16-58)40(63)24-57-14-11-34(47(50,51)25-57)31-8-5-29(22-36(31)49)54-37-9-10-39(62)55-43(37)64/h3-8,12,19-22,26,34,37,42,54H,1-2,9-11,13-18,23-25H2,(H,52,56,65)(H,55,62,64). The molecule has 67 heavy (non-hydrogen) atoms. The summed E-state index contributed by atoms with van der Waals surface area (Å²) in [7, 11) is 0. The zero-order valence-corrected chi connectivity index (χ0v) is 37.0. The highest BCUT2D eigenvalue weighted by Gasteiger charge is 2.47. The molecule has 3 unspecified atom stereocenters. The molecule has 20 heteroatoms. The number of rotatable bonds is 11. The first-order valence-electron chi connectivity index (χ1n) is 22.3. The van der Waals surface area contributed by atoms with E-state index in [4.69, 9.17) is 0 Å². The monoisotopic (exact) mass is 938 g/mol. The van der Waals surface area contributed by atoms with Gasteiger partial charge in [-0.2, -0.15) is 0 Å². The van der Waals surface area contributed by atoms with Crippen LogP contribution >= 0.6 is 11.3 Å². The number of benzene rings is 3. The highest BCUT2D eigenvalue weighted by Crippen LogP contribution is 2.42. The number of nitrogens with zero attached hydrogens (tertiary/aromatic N) is 7. The number of anilines is 3. The van der Waals surface area contributed by atoms with E-state index in [9.17, 15) is 24.0 Å². The van der Waals surface area contributed by atoms with Crippen molar-refractivity contribution in [1.29, 1.82) is 0 Å². The van der Waals surface area contributed by atoms with Crippen molar-refractivity contribution in [3.63, 3.8) is 0 Å². The number of hydrogen-bond acceptors (Lipinski definition) is 11. The van der Waals surface area contributed by atoms with Crippen molar-refractivity contribution in [2.75, 3.05) is 61.3 Å². The number of piperidine rings is 2. The van der Waals surface area contributed by atoms with Crippen LogP contribution in [-0.4, -0.2) is 117 Å². The van der Waals surface area contributed by atoms with Gasteiger partial charge in [-0.3, -0.25) is 39.5 Å². The first-order chi connectivity index (χ1) is 32.3. The van der Waals surface area contributed by atoms with Crippen molar-refractivity contribution < 1.29 is 41.5 Å². The molecule has 5 amide bonds. The quantitative estimate of drug-likeness (QED) is 0.113. The maximum atomic E-state index is 15.9. The number of carbonyl (C=O) groups is 5. The van der Waals surface area contributed by atoms with Gasteiger partial charge in [0.2, 0.25) is 17.7 Å². The van der Waals surface area contributed by atoms with Crippen molar-refractivity contribution in [1.82, 2.24) is 34.6 Å². The third-order valence-electron chi connectivity index (χ3n) is 13.5. The van der Waals surface area contributed by atoms with Crippen LogP contribution in [0.5, 0.6) is 0 Å². The number of likely N-dealkylation sites (tertiary alicyclic amines) is 1. The fourth-order valence-electron chi connectivity index (χ4n) is 10.00. The maximum absolute atomic E-state index is 15.9. The number of carbonyl (C=O) groups excluding carboxylic acids is 5. The van der Waals surface area contributed by atoms with Crippen LogP contribution in [0, 0.1) is 11.6 Å². The van der Waals surface area contributed by atoms with Gasteiger partial charge in [-0.15, -0.1) is 11.3 Å². The van der Waals surface area contributed by atoms with E-state index in [-0.39, 0.29) is 73.1 Å². The summed E-state index contributed by atoms with van der Waals surface area (Å²) in [5, 5.41) is 10.0. The first-order valence-corrected chi connectivity index (χ1v) is 23.2. The molecule has 3 saturated heterocycles. The molecule has 348 valence electrons. The van der Waals surface area contributed by atoms with E-state index in [1.165, 1.54) is 39.3 Å². The van der Waals surface area contributed by atoms with E-state index < -0.39 is 59.8 Å². The molecule has 0 spiro atoms. The van der Waals surface area contributed by atoms with Gasteiger partial charge in [0.1, 0.15) is 17.7 Å². The summed E-state index contributed by atoms with van der Waals surface area (Å²) in [6.45, 7) is 1.66. The third-order valence-corrected chi connectivity index (χ3v) is 14.2. The number of aryl methyl sites for hydroxylation is 1. The van der Waals surface area contributed by atoms with Gasteiger partial charge >= 0.3 is 0 Å². The summed E-state index contributed by atoms with van der Waals surface area (Å²) in [5.41, 5.74) is 3.89. The van der Waals surface area contributed by atoms with Crippen molar-refractivity contribution in [3.8, 4) is 11.1 Å². The number of halogens is 4. The molecule has 5 aliphatic rings. The number of nitrogens with one attached hydrogen (secondary N) is 3. The Kier molecular flexibility index (Phi) is 11.8. The normalized spacial score (nSPS) is 21.0. The van der Waals surface area contributed by atoms with Crippen molar-refractivity contribution in [2.24, 2.45) is 0 Å². The molecule has 3 fully saturated rings. The zero-order chi connectivity index (χ0) is 46.6. The lowest BCUT2D eigenvalue weighted by molar-refractivity contribution is -0.137. The Morgan fingerprint density at radius 2 is 1.70 bits per heavy atom. The van der Waals surface area contributed by atoms with Crippen molar-refractivity contribution in [3.05, 3.63) is 112 Å². The number of amides is 5. The molecule has 0 aliphatic carbocycles. The number of aromatic nitrogens is 3. The molecule has 3 aromatic carbocycles. The second-order valence-electron chi connectivity index (χ2n) is 17.6. The Labute approximate surface area is 386 Å². The number of imide groups is 1. The Bertz CT molecular complexity index is 2760. The van der Waals surface area contributed by atoms with Crippen LogP contribution in [0.25, 0.3) is 11.1 Å². The van der Waals surface area contributed by atoms with E-state index in [1.807, 2.05) is 28.8 Å². The molecule has 2 aromatic heterocycles. The van der Waals surface area contributed by atoms with Crippen molar-refractivity contribution >= 4 is 57.4 Å². The van der Waals surface area contributed by atoms with Crippen molar-refractivity contribution in [2.45, 2.75) is 69.1 Å². The Balaban J connectivity index is 0.740. The lowest BCUT2D eigenvalue weighted by Crippen LogP contribution is -2.54. The average molecular weight is 939 g/mol. The van der Waals surface area contributed by atoms with Gasteiger partial charge < -0.3 is 24.6 Å². The zero-order valence-electron chi connectivity index (χ0n) is 36.2. The summed E-state index contributed by atoms with van der Waals surface area (Å²) in [6, 6.07) is 12.5. The maximum Gasteiger partial charge on any atom is 0.267 e. The van der Waals surface area contributed by atoms with E-state index in [0.717, 1.165) is 30.4 Å². The lowest BCUT2D eigenvalue weighted by atomic mass is 9.85. The predicted molar refractivity (Wildman–Crippen MR) is 239 cm³/mol. The summed E-state index contributed by atoms with van der Waals surface area (Å²) < 4.78 is 64.5. The molecule has 0 bridgehead atoms. The van der Waals surface area contributed by atoms with E-state index in [0.29, 0.717) is 54.6 Å². The Morgan fingerprint density at radius 1 is 0.896 bits per heavy atom. The van der Waals surface area contributed by atoms with Gasteiger partial charge in [0.05, 0.1) is 37.6 Å². The van der Waals surface area contributed by atoms with Gasteiger partial charge in [0.25, 0.3) is 17.7 Å². The van der Waals surface area contributed by atoms with Crippen LogP contribution < -0.4 is 20.9 Å². The molecule has 5 aliphatic heterocycles. The number of imidazole rings is 1. The van der Waals surface area contributed by atoms with Crippen LogP contribution in [-0.2, 0) is 38.7 Å². The minimum absolute atomic E-state index is 0.0605. The second-order valence-corrected chi connectivity index (χ2v) is 18.5. The molecule has 3 atom stereocenters. The van der Waals surface area contributed by atoms with Gasteiger partial charge in [0, 0.05) is 78.9 Å². The van der Waals surface area contributed by atoms with Crippen LogP contribution in [0.2, 0.25) is 0 Å². The fraction of sp³-hybridized carbons (Fsp3) is 0.383. The molecule has 10 rings (SSSR count). The third kappa shape index (κ3) is 8.74. The van der Waals surface area contributed by atoms with Gasteiger partial charge in [-0.05, 0) is 85.3 Å². The molecule has 0 saturated carbocycles. The molecule has 15 nitrogen and oxygen atoms in total. The SMILES string of the molecule is O=C1CCC(Nc2ccc(C3CCN(CC(=O)N4CCN(c5ccc(-c6cc(F)c7c(c6)C(=O)N(C(C(=O)Nc6nccs6)c6ncn8c6CCC8)C7)cc5)CC4)CC3(F)F)c(F)c2)C(=O)N1. The van der Waals surface area contributed by atoms with E-state index >= 15 is 17.6 Å². The van der Waals surface area contributed by atoms with Crippen LogP contribution in [0.3, 0.4) is 0 Å². The first kappa shape index (κ1) is 44.2. The van der Waals surface area contributed by atoms with Crippen LogP contribution in [0.1, 0.15) is 70.5 Å².